The molecule has 10 rings (SSSR count). The van der Waals surface area contributed by atoms with Gasteiger partial charge in [0.2, 0.25) is 0 Å². The Kier molecular flexibility index (Phi) is 5.12. The van der Waals surface area contributed by atoms with Crippen molar-refractivity contribution in [1.29, 1.82) is 0 Å². The van der Waals surface area contributed by atoms with Gasteiger partial charge in [0.1, 0.15) is 0 Å². The molecule has 2 aromatic carbocycles. The van der Waals surface area contributed by atoms with Crippen LogP contribution >= 0.6 is 0 Å². The van der Waals surface area contributed by atoms with Crippen molar-refractivity contribution >= 4 is 0 Å². The molecule has 8 bridgehead atoms. The molecule has 0 saturated heterocycles. The van der Waals surface area contributed by atoms with E-state index in [1.165, 1.54) is 38.5 Å². The summed E-state index contributed by atoms with van der Waals surface area (Å²) >= 11 is 0. The van der Waals surface area contributed by atoms with Crippen molar-refractivity contribution in [2.45, 2.75) is 87.9 Å². The standard InChI is InChI=1S/2C15H19.Fe/c2*1-2-4-14(3-1)15-8-11-5-12(9-15)7-13(6-11)10-15;/h2*1-4,11-13H,5-10H2;/q2*-1;+2. The Hall–Kier alpha value is -0.781. The fourth-order valence-electron chi connectivity index (χ4n) is 10.4. The molecule has 8 aliphatic carbocycles. The summed E-state index contributed by atoms with van der Waals surface area (Å²) in [6.45, 7) is 0. The van der Waals surface area contributed by atoms with Gasteiger partial charge in [0.15, 0.2) is 0 Å². The Bertz CT molecular complexity index is 725. The van der Waals surface area contributed by atoms with Gasteiger partial charge < -0.3 is 0 Å². The molecular weight excluding hydrogens is 416 g/mol. The Morgan fingerprint density at radius 1 is 0.419 bits per heavy atom. The molecule has 0 aliphatic heterocycles. The predicted molar refractivity (Wildman–Crippen MR) is 124 cm³/mol. The third-order valence-corrected chi connectivity index (χ3v) is 10.6. The quantitative estimate of drug-likeness (QED) is 0.322. The fourth-order valence-corrected chi connectivity index (χ4v) is 10.4. The zero-order valence-corrected chi connectivity index (χ0v) is 20.0. The molecular formula is C30H38Fe. The van der Waals surface area contributed by atoms with Crippen molar-refractivity contribution in [3.05, 3.63) is 59.7 Å². The van der Waals surface area contributed by atoms with Gasteiger partial charge in [0, 0.05) is 0 Å². The van der Waals surface area contributed by atoms with Crippen molar-refractivity contribution < 1.29 is 17.1 Å². The first kappa shape index (κ1) is 20.8. The van der Waals surface area contributed by atoms with E-state index in [4.69, 9.17) is 0 Å². The van der Waals surface area contributed by atoms with E-state index in [-0.39, 0.29) is 17.1 Å². The largest absolute Gasteiger partial charge is 2.00 e. The van der Waals surface area contributed by atoms with Crippen LogP contribution in [0, 0.1) is 35.5 Å². The van der Waals surface area contributed by atoms with E-state index in [0.717, 1.165) is 35.5 Å². The zero-order chi connectivity index (χ0) is 19.8. The van der Waals surface area contributed by atoms with Crippen LogP contribution in [0.1, 0.15) is 88.2 Å². The Balaban J connectivity index is 0.000000116. The number of hydrogen-bond donors (Lipinski definition) is 0. The summed E-state index contributed by atoms with van der Waals surface area (Å²) in [6.07, 6.45) is 18.4. The summed E-state index contributed by atoms with van der Waals surface area (Å²) in [6, 6.07) is 18.4. The second-order valence-corrected chi connectivity index (χ2v) is 12.7. The Labute approximate surface area is 199 Å². The summed E-state index contributed by atoms with van der Waals surface area (Å²) in [5, 5.41) is 0. The summed E-state index contributed by atoms with van der Waals surface area (Å²) in [5.41, 5.74) is 4.58. The molecule has 0 unspecified atom stereocenters. The van der Waals surface area contributed by atoms with Gasteiger partial charge in [0.25, 0.3) is 0 Å². The van der Waals surface area contributed by atoms with Crippen LogP contribution in [0.4, 0.5) is 0 Å². The second kappa shape index (κ2) is 7.63. The maximum atomic E-state index is 2.38. The van der Waals surface area contributed by atoms with Crippen LogP contribution in [0.25, 0.3) is 0 Å². The minimum atomic E-state index is 0. The molecule has 1 heteroatoms. The molecule has 8 saturated carbocycles. The van der Waals surface area contributed by atoms with Gasteiger partial charge in [-0.2, -0.15) is 35.4 Å². The van der Waals surface area contributed by atoms with E-state index in [1.54, 1.807) is 49.7 Å². The van der Waals surface area contributed by atoms with E-state index in [9.17, 15) is 0 Å². The molecule has 0 atom stereocenters. The predicted octanol–water partition coefficient (Wildman–Crippen LogP) is 7.74. The minimum absolute atomic E-state index is 0. The van der Waals surface area contributed by atoms with Gasteiger partial charge in [0.05, 0.1) is 0 Å². The number of rotatable bonds is 2. The van der Waals surface area contributed by atoms with Crippen LogP contribution in [0.15, 0.2) is 48.5 Å². The third-order valence-electron chi connectivity index (χ3n) is 10.6. The fraction of sp³-hybridized carbons (Fsp3) is 0.667. The van der Waals surface area contributed by atoms with Crippen molar-refractivity contribution in [3.8, 4) is 0 Å². The van der Waals surface area contributed by atoms with Crippen LogP contribution in [0.3, 0.4) is 0 Å². The minimum Gasteiger partial charge on any atom is -0.213 e. The van der Waals surface area contributed by atoms with Gasteiger partial charge in [-0.25, -0.2) is 24.3 Å². The summed E-state index contributed by atoms with van der Waals surface area (Å²) in [4.78, 5) is 0. The van der Waals surface area contributed by atoms with Crippen molar-refractivity contribution in [3.63, 3.8) is 0 Å². The summed E-state index contributed by atoms with van der Waals surface area (Å²) in [5.74, 6) is 6.45. The molecule has 0 N–H and O–H groups in total. The normalized spacial score (nSPS) is 45.8. The molecule has 0 radical (unpaired) electrons. The van der Waals surface area contributed by atoms with Crippen LogP contribution in [-0.2, 0) is 27.9 Å². The molecule has 31 heavy (non-hydrogen) atoms. The molecule has 2 aromatic rings. The molecule has 8 fully saturated rings. The van der Waals surface area contributed by atoms with Crippen LogP contribution in [0.5, 0.6) is 0 Å². The maximum absolute atomic E-state index is 2.38. The van der Waals surface area contributed by atoms with Gasteiger partial charge in [-0.15, -0.1) is 0 Å². The first-order valence-electron chi connectivity index (χ1n) is 13.1. The van der Waals surface area contributed by atoms with Crippen LogP contribution in [-0.4, -0.2) is 0 Å². The molecule has 0 aromatic heterocycles. The molecule has 0 nitrogen and oxygen atoms in total. The average Bonchev–Trinajstić information content (AvgIpc) is 3.42. The van der Waals surface area contributed by atoms with E-state index < -0.39 is 0 Å². The molecule has 0 heterocycles. The second-order valence-electron chi connectivity index (χ2n) is 12.7. The van der Waals surface area contributed by atoms with E-state index in [2.05, 4.69) is 48.5 Å². The van der Waals surface area contributed by atoms with E-state index in [1.807, 2.05) is 0 Å². The average molecular weight is 454 g/mol. The molecule has 8 aliphatic rings. The van der Waals surface area contributed by atoms with Crippen molar-refractivity contribution in [1.82, 2.24) is 0 Å². The maximum Gasteiger partial charge on any atom is 2.00 e. The smallest absolute Gasteiger partial charge is 0.213 e. The van der Waals surface area contributed by atoms with Crippen LogP contribution in [0.2, 0.25) is 0 Å². The molecule has 0 spiro atoms. The van der Waals surface area contributed by atoms with Gasteiger partial charge in [-0.3, -0.25) is 0 Å². The molecule has 166 valence electrons. The first-order valence-corrected chi connectivity index (χ1v) is 13.1. The third kappa shape index (κ3) is 3.45. The SMILES string of the molecule is [Fe+2].c1cc[c-](C23CC4CC(CC(C4)C2)C3)c1.c1cc[c-](C23CC4CC(CC(C4)C2)C3)c1. The molecule has 0 amide bonds. The van der Waals surface area contributed by atoms with Gasteiger partial charge in [-0.05, 0) is 84.9 Å². The van der Waals surface area contributed by atoms with Crippen molar-refractivity contribution in [2.75, 3.05) is 0 Å². The first-order chi connectivity index (χ1) is 14.7. The monoisotopic (exact) mass is 454 g/mol. The Morgan fingerprint density at radius 3 is 0.871 bits per heavy atom. The van der Waals surface area contributed by atoms with E-state index >= 15 is 0 Å². The summed E-state index contributed by atoms with van der Waals surface area (Å²) < 4.78 is 0. The van der Waals surface area contributed by atoms with Crippen molar-refractivity contribution in [2.24, 2.45) is 35.5 Å². The summed E-state index contributed by atoms with van der Waals surface area (Å²) in [7, 11) is 0. The van der Waals surface area contributed by atoms with Crippen LogP contribution < -0.4 is 0 Å². The van der Waals surface area contributed by atoms with Gasteiger partial charge in [-0.1, -0.05) is 38.5 Å². The van der Waals surface area contributed by atoms with E-state index in [0.29, 0.717) is 10.8 Å². The van der Waals surface area contributed by atoms with Gasteiger partial charge >= 0.3 is 17.1 Å². The zero-order valence-electron chi connectivity index (χ0n) is 18.9. The topological polar surface area (TPSA) is 0 Å². The number of hydrogen-bond acceptors (Lipinski definition) is 0. The Morgan fingerprint density at radius 2 is 0.645 bits per heavy atom.